The van der Waals surface area contributed by atoms with Crippen LogP contribution in [0.3, 0.4) is 0 Å². The molecule has 2 fully saturated rings. The largest absolute Gasteiger partial charge is 0.378 e. The summed E-state index contributed by atoms with van der Waals surface area (Å²) < 4.78 is 5.66. The van der Waals surface area contributed by atoms with E-state index in [1.165, 1.54) is 12.8 Å². The molecule has 0 radical (unpaired) electrons. The second kappa shape index (κ2) is 7.99. The predicted molar refractivity (Wildman–Crippen MR) is 80.5 cm³/mol. The van der Waals surface area contributed by atoms with E-state index in [9.17, 15) is 4.79 Å². The third kappa shape index (κ3) is 4.45. The fraction of sp³-hybridized carbons (Fsp3) is 0.938. The van der Waals surface area contributed by atoms with E-state index in [0.29, 0.717) is 30.3 Å². The summed E-state index contributed by atoms with van der Waals surface area (Å²) in [5.41, 5.74) is 0. The molecule has 4 atom stereocenters. The normalized spacial score (nSPS) is 32.0. The molecule has 0 aromatic heterocycles. The Hall–Kier alpha value is -0.610. The van der Waals surface area contributed by atoms with Gasteiger partial charge in [-0.15, -0.1) is 0 Å². The van der Waals surface area contributed by atoms with Gasteiger partial charge in [0.2, 0.25) is 5.91 Å². The second-order valence-electron chi connectivity index (χ2n) is 6.46. The number of rotatable bonds is 6. The van der Waals surface area contributed by atoms with Crippen molar-refractivity contribution in [2.24, 2.45) is 17.8 Å². The molecule has 2 aliphatic heterocycles. The Labute approximate surface area is 123 Å². The van der Waals surface area contributed by atoms with Crippen LogP contribution >= 0.6 is 0 Å². The lowest BCUT2D eigenvalue weighted by Crippen LogP contribution is -2.37. The van der Waals surface area contributed by atoms with Crippen LogP contribution in [0.5, 0.6) is 0 Å². The Morgan fingerprint density at radius 2 is 2.30 bits per heavy atom. The SMILES string of the molecule is CCC1OCCC1CNC(=O)CC(C)C1CCCNC1. The van der Waals surface area contributed by atoms with E-state index in [4.69, 9.17) is 4.74 Å². The Morgan fingerprint density at radius 1 is 1.45 bits per heavy atom. The molecular weight excluding hydrogens is 252 g/mol. The lowest BCUT2D eigenvalue weighted by atomic mass is 9.85. The van der Waals surface area contributed by atoms with Gasteiger partial charge in [0.05, 0.1) is 6.10 Å². The molecule has 116 valence electrons. The Balaban J connectivity index is 1.66. The van der Waals surface area contributed by atoms with Crippen LogP contribution in [-0.4, -0.2) is 38.3 Å². The Morgan fingerprint density at radius 3 is 3.00 bits per heavy atom. The van der Waals surface area contributed by atoms with Crippen LogP contribution < -0.4 is 10.6 Å². The third-order valence-electron chi connectivity index (χ3n) is 4.96. The standard InChI is InChI=1S/C16H30N2O2/c1-3-15-14(6-8-20-15)11-18-16(19)9-12(2)13-5-4-7-17-10-13/h12-15,17H,3-11H2,1-2H3,(H,18,19). The molecule has 0 bridgehead atoms. The van der Waals surface area contributed by atoms with Crippen molar-refractivity contribution in [2.75, 3.05) is 26.2 Å². The average Bonchev–Trinajstić information content (AvgIpc) is 2.93. The summed E-state index contributed by atoms with van der Waals surface area (Å²) in [5, 5.41) is 6.55. The van der Waals surface area contributed by atoms with Gasteiger partial charge in [-0.05, 0) is 50.6 Å². The Kier molecular flexibility index (Phi) is 6.30. The molecule has 2 heterocycles. The van der Waals surface area contributed by atoms with Crippen molar-refractivity contribution in [2.45, 2.75) is 52.1 Å². The summed E-state index contributed by atoms with van der Waals surface area (Å²) in [7, 11) is 0. The molecule has 0 aliphatic carbocycles. The smallest absolute Gasteiger partial charge is 0.220 e. The van der Waals surface area contributed by atoms with E-state index in [1.54, 1.807) is 0 Å². The van der Waals surface area contributed by atoms with Crippen LogP contribution in [0.2, 0.25) is 0 Å². The molecule has 2 saturated heterocycles. The van der Waals surface area contributed by atoms with Crippen LogP contribution in [0.15, 0.2) is 0 Å². The summed E-state index contributed by atoms with van der Waals surface area (Å²) in [6.45, 7) is 8.21. The van der Waals surface area contributed by atoms with Gasteiger partial charge in [0.1, 0.15) is 0 Å². The fourth-order valence-corrected chi connectivity index (χ4v) is 3.52. The predicted octanol–water partition coefficient (Wildman–Crippen LogP) is 1.94. The Bertz CT molecular complexity index is 303. The molecule has 2 N–H and O–H groups in total. The quantitative estimate of drug-likeness (QED) is 0.783. The highest BCUT2D eigenvalue weighted by atomic mass is 16.5. The van der Waals surface area contributed by atoms with E-state index < -0.39 is 0 Å². The first kappa shape index (κ1) is 15.8. The molecule has 2 aliphatic rings. The van der Waals surface area contributed by atoms with Gasteiger partial charge in [0, 0.05) is 25.5 Å². The maximum atomic E-state index is 12.1. The average molecular weight is 282 g/mol. The highest BCUT2D eigenvalue weighted by Gasteiger charge is 2.27. The second-order valence-corrected chi connectivity index (χ2v) is 6.46. The first-order valence-corrected chi connectivity index (χ1v) is 8.29. The molecule has 0 aromatic carbocycles. The summed E-state index contributed by atoms with van der Waals surface area (Å²) >= 11 is 0. The molecule has 4 nitrogen and oxygen atoms in total. The van der Waals surface area contributed by atoms with Gasteiger partial charge >= 0.3 is 0 Å². The highest BCUT2D eigenvalue weighted by Crippen LogP contribution is 2.24. The summed E-state index contributed by atoms with van der Waals surface area (Å²) in [5.74, 6) is 1.86. The van der Waals surface area contributed by atoms with E-state index in [0.717, 1.165) is 39.1 Å². The van der Waals surface area contributed by atoms with Crippen LogP contribution in [0.4, 0.5) is 0 Å². The van der Waals surface area contributed by atoms with Crippen LogP contribution in [-0.2, 0) is 9.53 Å². The van der Waals surface area contributed by atoms with Gasteiger partial charge in [-0.2, -0.15) is 0 Å². The molecule has 0 spiro atoms. The number of hydrogen-bond acceptors (Lipinski definition) is 3. The third-order valence-corrected chi connectivity index (χ3v) is 4.96. The van der Waals surface area contributed by atoms with Crippen molar-refractivity contribution in [1.29, 1.82) is 0 Å². The number of hydrogen-bond donors (Lipinski definition) is 2. The number of piperidine rings is 1. The molecule has 2 rings (SSSR count). The van der Waals surface area contributed by atoms with Crippen LogP contribution in [0, 0.1) is 17.8 Å². The minimum Gasteiger partial charge on any atom is -0.378 e. The van der Waals surface area contributed by atoms with Crippen molar-refractivity contribution in [3.05, 3.63) is 0 Å². The topological polar surface area (TPSA) is 50.4 Å². The van der Waals surface area contributed by atoms with Gasteiger partial charge < -0.3 is 15.4 Å². The van der Waals surface area contributed by atoms with Gasteiger partial charge in [-0.1, -0.05) is 13.8 Å². The minimum absolute atomic E-state index is 0.213. The zero-order chi connectivity index (χ0) is 14.4. The van der Waals surface area contributed by atoms with Crippen molar-refractivity contribution in [1.82, 2.24) is 10.6 Å². The molecule has 0 aromatic rings. The number of carbonyl (C=O) groups is 1. The highest BCUT2D eigenvalue weighted by molar-refractivity contribution is 5.76. The van der Waals surface area contributed by atoms with Gasteiger partial charge in [-0.25, -0.2) is 0 Å². The minimum atomic E-state index is 0.213. The molecule has 0 saturated carbocycles. The van der Waals surface area contributed by atoms with Crippen molar-refractivity contribution in [3.63, 3.8) is 0 Å². The number of carbonyl (C=O) groups excluding carboxylic acids is 1. The molecule has 1 amide bonds. The maximum Gasteiger partial charge on any atom is 0.220 e. The van der Waals surface area contributed by atoms with Gasteiger partial charge in [0.15, 0.2) is 0 Å². The summed E-state index contributed by atoms with van der Waals surface area (Å²) in [6.07, 6.45) is 5.64. The summed E-state index contributed by atoms with van der Waals surface area (Å²) in [4.78, 5) is 12.1. The summed E-state index contributed by atoms with van der Waals surface area (Å²) in [6, 6.07) is 0. The number of nitrogens with one attached hydrogen (secondary N) is 2. The van der Waals surface area contributed by atoms with Gasteiger partial charge in [0.25, 0.3) is 0 Å². The molecular formula is C16H30N2O2. The van der Waals surface area contributed by atoms with Crippen LogP contribution in [0.25, 0.3) is 0 Å². The van der Waals surface area contributed by atoms with Crippen molar-refractivity contribution in [3.8, 4) is 0 Å². The van der Waals surface area contributed by atoms with Gasteiger partial charge in [-0.3, -0.25) is 4.79 Å². The van der Waals surface area contributed by atoms with Crippen molar-refractivity contribution >= 4 is 5.91 Å². The van der Waals surface area contributed by atoms with E-state index >= 15 is 0 Å². The van der Waals surface area contributed by atoms with E-state index in [2.05, 4.69) is 24.5 Å². The van der Waals surface area contributed by atoms with Crippen molar-refractivity contribution < 1.29 is 9.53 Å². The fourth-order valence-electron chi connectivity index (χ4n) is 3.52. The van der Waals surface area contributed by atoms with Crippen LogP contribution in [0.1, 0.15) is 46.0 Å². The number of amides is 1. The monoisotopic (exact) mass is 282 g/mol. The first-order chi connectivity index (χ1) is 9.70. The van der Waals surface area contributed by atoms with E-state index in [1.807, 2.05) is 0 Å². The zero-order valence-electron chi connectivity index (χ0n) is 13.0. The molecule has 4 unspecified atom stereocenters. The molecule has 4 heteroatoms. The lowest BCUT2D eigenvalue weighted by molar-refractivity contribution is -0.122. The lowest BCUT2D eigenvalue weighted by Gasteiger charge is -2.28. The maximum absolute atomic E-state index is 12.1. The number of ether oxygens (including phenoxy) is 1. The zero-order valence-corrected chi connectivity index (χ0v) is 13.0. The van der Waals surface area contributed by atoms with E-state index in [-0.39, 0.29) is 5.91 Å². The molecule has 20 heavy (non-hydrogen) atoms. The first-order valence-electron chi connectivity index (χ1n) is 8.29.